The lowest BCUT2D eigenvalue weighted by atomic mass is 10.1. The molecule has 6 heteroatoms. The van der Waals surface area contributed by atoms with Crippen molar-refractivity contribution in [2.75, 3.05) is 18.5 Å². The second kappa shape index (κ2) is 5.31. The van der Waals surface area contributed by atoms with Crippen molar-refractivity contribution in [1.82, 2.24) is 4.98 Å². The van der Waals surface area contributed by atoms with Crippen molar-refractivity contribution in [3.05, 3.63) is 40.7 Å². The number of nitro benzene ring substituents is 1. The molecule has 1 aromatic carbocycles. The van der Waals surface area contributed by atoms with E-state index in [1.165, 1.54) is 12.3 Å². The Morgan fingerprint density at radius 2 is 2.21 bits per heavy atom. The Balaban J connectivity index is 2.56. The Bertz CT molecular complexity index is 663. The minimum absolute atomic E-state index is 0.0422. The molecule has 0 aliphatic heterocycles. The van der Waals surface area contributed by atoms with Gasteiger partial charge >= 0.3 is 0 Å². The number of pyridine rings is 1. The summed E-state index contributed by atoms with van der Waals surface area (Å²) in [5.41, 5.74) is 0.902. The zero-order valence-corrected chi connectivity index (χ0v) is 10.4. The first-order chi connectivity index (χ1) is 9.15. The van der Waals surface area contributed by atoms with E-state index >= 15 is 0 Å². The predicted molar refractivity (Wildman–Crippen MR) is 71.9 cm³/mol. The van der Waals surface area contributed by atoms with Crippen LogP contribution in [-0.4, -0.2) is 23.5 Å². The normalized spacial score (nSPS) is 10.1. The summed E-state index contributed by atoms with van der Waals surface area (Å²) >= 11 is 0. The summed E-state index contributed by atoms with van der Waals surface area (Å²) in [7, 11) is 1.86. The number of hydrogen-bond acceptors (Lipinski definition) is 5. The van der Waals surface area contributed by atoms with Crippen LogP contribution in [0.25, 0.3) is 10.8 Å². The first-order valence-corrected chi connectivity index (χ1v) is 5.74. The number of aromatic nitrogens is 1. The topological polar surface area (TPSA) is 83.1 Å². The second-order valence-electron chi connectivity index (χ2n) is 4.11. The van der Waals surface area contributed by atoms with Crippen LogP contribution in [0.4, 0.5) is 11.4 Å². The Morgan fingerprint density at radius 1 is 1.42 bits per heavy atom. The highest BCUT2D eigenvalue weighted by Gasteiger charge is 2.15. The summed E-state index contributed by atoms with van der Waals surface area (Å²) in [5, 5.41) is 20.9. The van der Waals surface area contributed by atoms with Crippen LogP contribution in [0.3, 0.4) is 0 Å². The van der Waals surface area contributed by atoms with Crippen LogP contribution in [0.1, 0.15) is 6.42 Å². The third-order valence-corrected chi connectivity index (χ3v) is 2.94. The molecule has 6 nitrogen and oxygen atoms in total. The summed E-state index contributed by atoms with van der Waals surface area (Å²) in [5.74, 6) is 0. The smallest absolute Gasteiger partial charge is 0.278 e. The molecule has 1 heterocycles. The molecule has 0 unspecified atom stereocenters. The van der Waals surface area contributed by atoms with E-state index in [2.05, 4.69) is 11.1 Å². The van der Waals surface area contributed by atoms with Gasteiger partial charge in [0.15, 0.2) is 0 Å². The van der Waals surface area contributed by atoms with Gasteiger partial charge in [-0.25, -0.2) is 0 Å². The first-order valence-electron chi connectivity index (χ1n) is 5.74. The highest BCUT2D eigenvalue weighted by Crippen LogP contribution is 2.32. The van der Waals surface area contributed by atoms with Gasteiger partial charge in [-0.3, -0.25) is 15.1 Å². The monoisotopic (exact) mass is 256 g/mol. The Kier molecular flexibility index (Phi) is 3.57. The van der Waals surface area contributed by atoms with Crippen LogP contribution in [0.5, 0.6) is 0 Å². The number of non-ortho nitro benzene ring substituents is 1. The highest BCUT2D eigenvalue weighted by molar-refractivity contribution is 5.99. The fraction of sp³-hybridized carbons (Fsp3) is 0.231. The molecule has 0 radical (unpaired) electrons. The lowest BCUT2D eigenvalue weighted by Gasteiger charge is -2.19. The number of fused-ring (bicyclic) bond motifs is 1. The fourth-order valence-electron chi connectivity index (χ4n) is 1.99. The average Bonchev–Trinajstić information content (AvgIpc) is 2.43. The largest absolute Gasteiger partial charge is 0.373 e. The quantitative estimate of drug-likeness (QED) is 0.620. The molecule has 0 fully saturated rings. The van der Waals surface area contributed by atoms with Crippen molar-refractivity contribution in [1.29, 1.82) is 5.26 Å². The molecule has 0 saturated carbocycles. The molecule has 0 spiro atoms. The second-order valence-corrected chi connectivity index (χ2v) is 4.11. The number of benzene rings is 1. The van der Waals surface area contributed by atoms with Crippen LogP contribution in [0.15, 0.2) is 30.6 Å². The first kappa shape index (κ1) is 12.8. The van der Waals surface area contributed by atoms with Crippen molar-refractivity contribution in [3.8, 4) is 6.07 Å². The molecule has 96 valence electrons. The molecule has 0 atom stereocenters. The zero-order valence-electron chi connectivity index (χ0n) is 10.4. The molecular weight excluding hydrogens is 244 g/mol. The average molecular weight is 256 g/mol. The molecule has 0 bridgehead atoms. The van der Waals surface area contributed by atoms with Crippen LogP contribution in [-0.2, 0) is 0 Å². The van der Waals surface area contributed by atoms with E-state index in [0.29, 0.717) is 18.4 Å². The SMILES string of the molecule is CN(CCC#N)c1ccc([N+](=O)[O-])c2cnccc12. The minimum atomic E-state index is -0.414. The molecular formula is C13H12N4O2. The van der Waals surface area contributed by atoms with Crippen molar-refractivity contribution in [2.24, 2.45) is 0 Å². The van der Waals surface area contributed by atoms with Gasteiger partial charge in [0.05, 0.1) is 22.8 Å². The Labute approximate surface area is 110 Å². The third kappa shape index (κ3) is 2.45. The molecule has 19 heavy (non-hydrogen) atoms. The van der Waals surface area contributed by atoms with Crippen LogP contribution in [0.2, 0.25) is 0 Å². The Hall–Kier alpha value is -2.68. The van der Waals surface area contributed by atoms with Gasteiger partial charge in [0.25, 0.3) is 5.69 Å². The highest BCUT2D eigenvalue weighted by atomic mass is 16.6. The molecule has 0 amide bonds. The van der Waals surface area contributed by atoms with Crippen LogP contribution < -0.4 is 4.90 Å². The van der Waals surface area contributed by atoms with Crippen LogP contribution >= 0.6 is 0 Å². The third-order valence-electron chi connectivity index (χ3n) is 2.94. The van der Waals surface area contributed by atoms with Gasteiger partial charge in [-0.2, -0.15) is 5.26 Å². The van der Waals surface area contributed by atoms with Crippen molar-refractivity contribution in [2.45, 2.75) is 6.42 Å². The maximum atomic E-state index is 11.0. The maximum Gasteiger partial charge on any atom is 0.278 e. The summed E-state index contributed by atoms with van der Waals surface area (Å²) in [6.07, 6.45) is 3.50. The number of hydrogen-bond donors (Lipinski definition) is 0. The van der Waals surface area contributed by atoms with E-state index in [9.17, 15) is 10.1 Å². The lowest BCUT2D eigenvalue weighted by molar-refractivity contribution is -0.383. The summed E-state index contributed by atoms with van der Waals surface area (Å²) in [6, 6.07) is 7.01. The van der Waals surface area contributed by atoms with E-state index in [1.807, 2.05) is 11.9 Å². The van der Waals surface area contributed by atoms with Gasteiger partial charge in [-0.05, 0) is 12.1 Å². The molecule has 0 saturated heterocycles. The zero-order chi connectivity index (χ0) is 13.8. The fourth-order valence-corrected chi connectivity index (χ4v) is 1.99. The number of rotatable bonds is 4. The lowest BCUT2D eigenvalue weighted by Crippen LogP contribution is -2.18. The summed E-state index contributed by atoms with van der Waals surface area (Å²) < 4.78 is 0. The number of nitro groups is 1. The molecule has 0 aliphatic carbocycles. The molecule has 0 aliphatic rings. The number of anilines is 1. The Morgan fingerprint density at radius 3 is 2.89 bits per heavy atom. The standard InChI is InChI=1S/C13H12N4O2/c1-16(8-2-6-14)12-3-4-13(17(18)19)11-9-15-7-5-10(11)12/h3-5,7,9H,2,8H2,1H3. The van der Waals surface area contributed by atoms with Gasteiger partial charge in [-0.1, -0.05) is 0 Å². The van der Waals surface area contributed by atoms with E-state index in [1.54, 1.807) is 18.3 Å². The summed E-state index contributed by atoms with van der Waals surface area (Å²) in [4.78, 5) is 16.4. The van der Waals surface area contributed by atoms with Crippen LogP contribution in [0, 0.1) is 21.4 Å². The van der Waals surface area contributed by atoms with Gasteiger partial charge in [0.1, 0.15) is 0 Å². The number of nitrogens with zero attached hydrogens (tertiary/aromatic N) is 4. The van der Waals surface area contributed by atoms with E-state index < -0.39 is 4.92 Å². The predicted octanol–water partition coefficient (Wildman–Crippen LogP) is 2.49. The minimum Gasteiger partial charge on any atom is -0.373 e. The molecule has 2 rings (SSSR count). The summed E-state index contributed by atoms with van der Waals surface area (Å²) in [6.45, 7) is 0.575. The molecule has 0 N–H and O–H groups in total. The van der Waals surface area contributed by atoms with E-state index in [-0.39, 0.29) is 5.69 Å². The molecule has 2 aromatic rings. The maximum absolute atomic E-state index is 11.0. The van der Waals surface area contributed by atoms with Gasteiger partial charge in [-0.15, -0.1) is 0 Å². The number of nitriles is 1. The van der Waals surface area contributed by atoms with E-state index in [4.69, 9.17) is 5.26 Å². The molecule has 1 aromatic heterocycles. The van der Waals surface area contributed by atoms with Gasteiger partial charge < -0.3 is 4.90 Å². The van der Waals surface area contributed by atoms with Gasteiger partial charge in [0, 0.05) is 43.1 Å². The van der Waals surface area contributed by atoms with Crippen molar-refractivity contribution >= 4 is 22.1 Å². The van der Waals surface area contributed by atoms with Crippen molar-refractivity contribution < 1.29 is 4.92 Å². The van der Waals surface area contributed by atoms with E-state index in [0.717, 1.165) is 11.1 Å². The van der Waals surface area contributed by atoms with Gasteiger partial charge in [0.2, 0.25) is 0 Å². The van der Waals surface area contributed by atoms with Crippen molar-refractivity contribution in [3.63, 3.8) is 0 Å².